The second-order valence-corrected chi connectivity index (χ2v) is 7.88. The van der Waals surface area contributed by atoms with Crippen LogP contribution in [0.25, 0.3) is 10.2 Å². The molecule has 0 unspecified atom stereocenters. The largest absolute Gasteiger partial charge is 0.357 e. The van der Waals surface area contributed by atoms with Crippen LogP contribution in [0.4, 0.5) is 11.8 Å². The van der Waals surface area contributed by atoms with Gasteiger partial charge in [-0.1, -0.05) is 32.4 Å². The highest BCUT2D eigenvalue weighted by Gasteiger charge is 2.16. The van der Waals surface area contributed by atoms with Crippen molar-refractivity contribution in [1.29, 1.82) is 0 Å². The third-order valence-electron chi connectivity index (χ3n) is 4.23. The van der Waals surface area contributed by atoms with Crippen molar-refractivity contribution in [2.75, 3.05) is 30.4 Å². The molecule has 0 bridgehead atoms. The molecule has 0 spiro atoms. The first kappa shape index (κ1) is 23.8. The minimum absolute atomic E-state index is 0.293. The lowest BCUT2D eigenvalue weighted by atomic mass is 10.3. The number of aromatic nitrogens is 4. The van der Waals surface area contributed by atoms with E-state index >= 15 is 0 Å². The average molecular weight is 451 g/mol. The van der Waals surface area contributed by atoms with Crippen LogP contribution in [-0.4, -0.2) is 52.6 Å². The lowest BCUT2D eigenvalue weighted by Crippen LogP contribution is -2.26. The molecule has 0 saturated heterocycles. The SMILES string of the molecule is CCCN(CCC)c1nc(NC)nc2sc(C=O)cc12.CCc1[nH]c(C=O)nc1Cl. The van der Waals surface area contributed by atoms with Gasteiger partial charge in [-0.3, -0.25) is 9.59 Å². The highest BCUT2D eigenvalue weighted by Crippen LogP contribution is 2.31. The van der Waals surface area contributed by atoms with Crippen LogP contribution in [0.5, 0.6) is 0 Å². The van der Waals surface area contributed by atoms with Gasteiger partial charge in [-0.15, -0.1) is 11.3 Å². The molecule has 0 amide bonds. The van der Waals surface area contributed by atoms with Gasteiger partial charge in [-0.05, 0) is 25.3 Å². The predicted octanol–water partition coefficient (Wildman–Crippen LogP) is 4.61. The fraction of sp³-hybridized carbons (Fsp3) is 0.450. The number of hydrogen-bond acceptors (Lipinski definition) is 8. The van der Waals surface area contributed by atoms with Crippen LogP contribution in [0.1, 0.15) is 59.6 Å². The number of hydrogen-bond donors (Lipinski definition) is 2. The Morgan fingerprint density at radius 1 is 1.13 bits per heavy atom. The van der Waals surface area contributed by atoms with Gasteiger partial charge in [0.1, 0.15) is 10.6 Å². The number of anilines is 2. The maximum Gasteiger partial charge on any atom is 0.225 e. The number of imidazole rings is 1. The maximum atomic E-state index is 11.0. The molecule has 10 heteroatoms. The number of H-pyrrole nitrogens is 1. The summed E-state index contributed by atoms with van der Waals surface area (Å²) in [5.41, 5.74) is 0.809. The third-order valence-corrected chi connectivity index (χ3v) is 5.50. The Labute approximate surface area is 185 Å². The van der Waals surface area contributed by atoms with E-state index in [1.165, 1.54) is 11.3 Å². The molecule has 0 aliphatic heterocycles. The van der Waals surface area contributed by atoms with Crippen molar-refractivity contribution in [2.24, 2.45) is 0 Å². The normalized spacial score (nSPS) is 10.4. The summed E-state index contributed by atoms with van der Waals surface area (Å²) in [6, 6.07) is 1.89. The summed E-state index contributed by atoms with van der Waals surface area (Å²) in [5, 5.41) is 4.36. The first-order valence-electron chi connectivity index (χ1n) is 9.90. The van der Waals surface area contributed by atoms with E-state index in [4.69, 9.17) is 11.6 Å². The highest BCUT2D eigenvalue weighted by atomic mass is 35.5. The Hall–Kier alpha value is -2.52. The van der Waals surface area contributed by atoms with Crippen LogP contribution in [0.2, 0.25) is 5.15 Å². The van der Waals surface area contributed by atoms with Gasteiger partial charge in [-0.25, -0.2) is 9.97 Å². The lowest BCUT2D eigenvalue weighted by molar-refractivity contribution is 0.111. The van der Waals surface area contributed by atoms with E-state index in [1.807, 2.05) is 20.0 Å². The summed E-state index contributed by atoms with van der Waals surface area (Å²) >= 11 is 7.03. The number of fused-ring (bicyclic) bond motifs is 1. The number of nitrogens with zero attached hydrogens (tertiary/aromatic N) is 4. The van der Waals surface area contributed by atoms with Crippen LogP contribution in [-0.2, 0) is 6.42 Å². The van der Waals surface area contributed by atoms with Gasteiger partial charge in [-0.2, -0.15) is 4.98 Å². The molecular weight excluding hydrogens is 424 g/mol. The number of carbonyl (C=O) groups is 2. The number of rotatable bonds is 9. The van der Waals surface area contributed by atoms with E-state index in [0.29, 0.717) is 28.1 Å². The summed E-state index contributed by atoms with van der Waals surface area (Å²) in [6.45, 7) is 8.16. The average Bonchev–Trinajstić information content (AvgIpc) is 3.35. The molecule has 0 aliphatic rings. The van der Waals surface area contributed by atoms with Gasteiger partial charge < -0.3 is 15.2 Å². The monoisotopic (exact) mass is 450 g/mol. The Bertz CT molecular complexity index is 981. The highest BCUT2D eigenvalue weighted by molar-refractivity contribution is 7.20. The van der Waals surface area contributed by atoms with Crippen molar-refractivity contribution < 1.29 is 9.59 Å². The molecule has 0 saturated carbocycles. The van der Waals surface area contributed by atoms with Crippen molar-refractivity contribution >= 4 is 57.5 Å². The van der Waals surface area contributed by atoms with E-state index in [9.17, 15) is 9.59 Å². The molecule has 0 fully saturated rings. The van der Waals surface area contributed by atoms with E-state index in [1.54, 1.807) is 0 Å². The summed E-state index contributed by atoms with van der Waals surface area (Å²) < 4.78 is 0. The van der Waals surface area contributed by atoms with Gasteiger partial charge in [0.15, 0.2) is 23.5 Å². The number of aryl methyl sites for hydroxylation is 1. The Morgan fingerprint density at radius 3 is 2.30 bits per heavy atom. The van der Waals surface area contributed by atoms with Crippen molar-refractivity contribution in [3.8, 4) is 0 Å². The molecule has 162 valence electrons. The van der Waals surface area contributed by atoms with Gasteiger partial charge in [0.05, 0.1) is 16.0 Å². The van der Waals surface area contributed by atoms with Crippen LogP contribution in [0.15, 0.2) is 6.07 Å². The zero-order valence-corrected chi connectivity index (χ0v) is 19.2. The number of thiophene rings is 1. The minimum atomic E-state index is 0.293. The first-order valence-corrected chi connectivity index (χ1v) is 11.1. The molecule has 30 heavy (non-hydrogen) atoms. The number of aldehydes is 2. The smallest absolute Gasteiger partial charge is 0.225 e. The Balaban J connectivity index is 0.000000269. The molecule has 3 heterocycles. The molecule has 8 nitrogen and oxygen atoms in total. The zero-order chi connectivity index (χ0) is 22.1. The second-order valence-electron chi connectivity index (χ2n) is 6.46. The maximum absolute atomic E-state index is 11.0. The fourth-order valence-electron chi connectivity index (χ4n) is 2.90. The fourth-order valence-corrected chi connectivity index (χ4v) is 4.01. The summed E-state index contributed by atoms with van der Waals surface area (Å²) in [6.07, 6.45) is 4.40. The van der Waals surface area contributed by atoms with Crippen LogP contribution < -0.4 is 10.2 Å². The van der Waals surface area contributed by atoms with Crippen LogP contribution in [0, 0.1) is 0 Å². The van der Waals surface area contributed by atoms with E-state index in [-0.39, 0.29) is 0 Å². The van der Waals surface area contributed by atoms with Crippen molar-refractivity contribution in [1.82, 2.24) is 19.9 Å². The Kier molecular flexibility index (Phi) is 9.19. The van der Waals surface area contributed by atoms with E-state index < -0.39 is 0 Å². The number of carbonyl (C=O) groups excluding carboxylic acids is 2. The summed E-state index contributed by atoms with van der Waals surface area (Å²) in [4.78, 5) is 40.5. The Morgan fingerprint density at radius 2 is 1.83 bits per heavy atom. The summed E-state index contributed by atoms with van der Waals surface area (Å²) in [5.74, 6) is 1.82. The molecule has 3 rings (SSSR count). The van der Waals surface area contributed by atoms with Gasteiger partial charge in [0, 0.05) is 20.1 Å². The van der Waals surface area contributed by atoms with E-state index in [2.05, 4.69) is 44.0 Å². The molecule has 0 aromatic carbocycles. The second kappa shape index (κ2) is 11.6. The first-order chi connectivity index (χ1) is 14.5. The molecule has 3 aromatic rings. The number of aromatic amines is 1. The molecule has 0 atom stereocenters. The topological polar surface area (TPSA) is 104 Å². The van der Waals surface area contributed by atoms with Crippen molar-refractivity contribution in [3.05, 3.63) is 27.6 Å². The van der Waals surface area contributed by atoms with Crippen molar-refractivity contribution in [3.63, 3.8) is 0 Å². The molecular formula is C20H27ClN6O2S. The number of nitrogens with one attached hydrogen (secondary N) is 2. The summed E-state index contributed by atoms with van der Waals surface area (Å²) in [7, 11) is 1.81. The molecule has 3 aromatic heterocycles. The zero-order valence-electron chi connectivity index (χ0n) is 17.7. The van der Waals surface area contributed by atoms with Crippen LogP contribution >= 0.6 is 22.9 Å². The lowest BCUT2D eigenvalue weighted by Gasteiger charge is -2.23. The molecule has 2 N–H and O–H groups in total. The van der Waals surface area contributed by atoms with Gasteiger partial charge in [0.25, 0.3) is 0 Å². The predicted molar refractivity (Wildman–Crippen MR) is 124 cm³/mol. The standard InChI is InChI=1S/C14H20N4OS.C6H7ClN2O/c1-4-6-18(7-5-2)12-11-8-10(9-19)20-13(11)17-14(15-3)16-12;1-2-4-6(7)9-5(3-10)8-4/h8-9H,4-7H2,1-3H3,(H,15,16,17);3H,2H2,1H3,(H,8,9). The minimum Gasteiger partial charge on any atom is -0.357 e. The van der Waals surface area contributed by atoms with Gasteiger partial charge >= 0.3 is 0 Å². The third kappa shape index (κ3) is 5.76. The van der Waals surface area contributed by atoms with E-state index in [0.717, 1.165) is 60.4 Å². The molecule has 0 aliphatic carbocycles. The van der Waals surface area contributed by atoms with Crippen LogP contribution in [0.3, 0.4) is 0 Å². The molecule has 0 radical (unpaired) electrons. The quantitative estimate of drug-likeness (QED) is 0.458. The van der Waals surface area contributed by atoms with Gasteiger partial charge in [0.2, 0.25) is 5.95 Å². The number of halogens is 1. The van der Waals surface area contributed by atoms with Crippen molar-refractivity contribution in [2.45, 2.75) is 40.0 Å².